The quantitative estimate of drug-likeness (QED) is 0.825. The number of nitrogens with two attached hydrogens (primary N) is 1. The first-order chi connectivity index (χ1) is 12.0. The molecule has 132 valence electrons. The lowest BCUT2D eigenvalue weighted by Crippen LogP contribution is -2.39. The maximum absolute atomic E-state index is 12.4. The van der Waals surface area contributed by atoms with Crippen molar-refractivity contribution >= 4 is 17.8 Å². The van der Waals surface area contributed by atoms with E-state index in [4.69, 9.17) is 15.0 Å². The summed E-state index contributed by atoms with van der Waals surface area (Å²) in [6.07, 6.45) is 1.93. The lowest BCUT2D eigenvalue weighted by Gasteiger charge is -2.27. The minimum absolute atomic E-state index is 0.0580. The van der Waals surface area contributed by atoms with Crippen LogP contribution < -0.4 is 11.1 Å². The molecule has 2 atom stereocenters. The molecule has 1 aromatic carbocycles. The highest BCUT2D eigenvalue weighted by atomic mass is 16.5. The Morgan fingerprint density at radius 3 is 2.88 bits per heavy atom. The average molecular weight is 343 g/mol. The van der Waals surface area contributed by atoms with E-state index in [9.17, 15) is 9.59 Å². The van der Waals surface area contributed by atoms with E-state index in [-0.39, 0.29) is 23.4 Å². The highest BCUT2D eigenvalue weighted by molar-refractivity contribution is 5.96. The molecule has 7 nitrogen and oxygen atoms in total. The number of nitrogen functional groups attached to an aromatic ring is 1. The Labute approximate surface area is 145 Å². The van der Waals surface area contributed by atoms with E-state index in [0.29, 0.717) is 5.69 Å². The molecule has 0 fully saturated rings. The van der Waals surface area contributed by atoms with Crippen molar-refractivity contribution in [1.82, 2.24) is 10.5 Å². The van der Waals surface area contributed by atoms with Crippen molar-refractivity contribution < 1.29 is 18.8 Å². The van der Waals surface area contributed by atoms with Crippen LogP contribution in [-0.2, 0) is 16.0 Å². The molecule has 7 heteroatoms. The molecule has 1 amide bonds. The SMILES string of the molecule is Cc1noc(N)c1C(=O)O[C@@H](C)C(=O)N[C@H]1CCCc2ccccc21. The van der Waals surface area contributed by atoms with Gasteiger partial charge in [-0.25, -0.2) is 4.79 Å². The van der Waals surface area contributed by atoms with Gasteiger partial charge in [0.25, 0.3) is 5.91 Å². The van der Waals surface area contributed by atoms with E-state index in [1.807, 2.05) is 18.2 Å². The number of aryl methyl sites for hydroxylation is 2. The molecule has 0 saturated heterocycles. The summed E-state index contributed by atoms with van der Waals surface area (Å²) in [6.45, 7) is 3.11. The molecule has 1 heterocycles. The van der Waals surface area contributed by atoms with Gasteiger partial charge < -0.3 is 20.3 Å². The fourth-order valence-corrected chi connectivity index (χ4v) is 3.10. The van der Waals surface area contributed by atoms with Crippen LogP contribution in [0.15, 0.2) is 28.8 Å². The van der Waals surface area contributed by atoms with Crippen molar-refractivity contribution in [2.75, 3.05) is 5.73 Å². The second-order valence-electron chi connectivity index (χ2n) is 6.21. The van der Waals surface area contributed by atoms with Gasteiger partial charge in [-0.05, 0) is 44.2 Å². The molecule has 1 aromatic heterocycles. The van der Waals surface area contributed by atoms with Gasteiger partial charge >= 0.3 is 5.97 Å². The topological polar surface area (TPSA) is 107 Å². The number of aromatic nitrogens is 1. The summed E-state index contributed by atoms with van der Waals surface area (Å²) in [5, 5.41) is 6.57. The highest BCUT2D eigenvalue weighted by Gasteiger charge is 2.27. The lowest BCUT2D eigenvalue weighted by molar-refractivity contribution is -0.130. The lowest BCUT2D eigenvalue weighted by atomic mass is 9.87. The first-order valence-corrected chi connectivity index (χ1v) is 8.28. The number of nitrogens with zero attached hydrogens (tertiary/aromatic N) is 1. The van der Waals surface area contributed by atoms with Crippen LogP contribution in [0.25, 0.3) is 0 Å². The van der Waals surface area contributed by atoms with Crippen LogP contribution >= 0.6 is 0 Å². The Morgan fingerprint density at radius 1 is 1.40 bits per heavy atom. The Hall–Kier alpha value is -2.83. The first kappa shape index (κ1) is 17.0. The number of anilines is 1. The smallest absolute Gasteiger partial charge is 0.346 e. The van der Waals surface area contributed by atoms with Crippen LogP contribution in [-0.4, -0.2) is 23.1 Å². The van der Waals surface area contributed by atoms with Gasteiger partial charge in [0, 0.05) is 0 Å². The maximum atomic E-state index is 12.4. The van der Waals surface area contributed by atoms with Crippen LogP contribution in [0.3, 0.4) is 0 Å². The van der Waals surface area contributed by atoms with Gasteiger partial charge in [-0.3, -0.25) is 4.79 Å². The number of esters is 1. The van der Waals surface area contributed by atoms with Crippen LogP contribution in [0, 0.1) is 6.92 Å². The molecule has 0 radical (unpaired) electrons. The van der Waals surface area contributed by atoms with Gasteiger partial charge in [0.05, 0.1) is 11.7 Å². The highest BCUT2D eigenvalue weighted by Crippen LogP contribution is 2.29. The summed E-state index contributed by atoms with van der Waals surface area (Å²) in [6, 6.07) is 8.00. The molecule has 0 bridgehead atoms. The number of carbonyl (C=O) groups is 2. The average Bonchev–Trinajstić information content (AvgIpc) is 2.93. The van der Waals surface area contributed by atoms with Crippen LogP contribution in [0.1, 0.15) is 53.0 Å². The zero-order chi connectivity index (χ0) is 18.0. The second-order valence-corrected chi connectivity index (χ2v) is 6.21. The van der Waals surface area contributed by atoms with Crippen molar-refractivity contribution in [3.63, 3.8) is 0 Å². The zero-order valence-electron chi connectivity index (χ0n) is 14.2. The number of rotatable bonds is 4. The third-order valence-electron chi connectivity index (χ3n) is 4.43. The molecule has 0 saturated carbocycles. The molecular weight excluding hydrogens is 322 g/mol. The Balaban J connectivity index is 1.65. The van der Waals surface area contributed by atoms with Crippen LogP contribution in [0.5, 0.6) is 0 Å². The van der Waals surface area contributed by atoms with Gasteiger partial charge in [0.15, 0.2) is 6.10 Å². The summed E-state index contributed by atoms with van der Waals surface area (Å²) in [4.78, 5) is 24.6. The zero-order valence-corrected chi connectivity index (χ0v) is 14.2. The summed E-state index contributed by atoms with van der Waals surface area (Å²) in [5.41, 5.74) is 8.33. The third kappa shape index (κ3) is 3.50. The summed E-state index contributed by atoms with van der Waals surface area (Å²) in [7, 11) is 0. The van der Waals surface area contributed by atoms with Gasteiger partial charge in [-0.15, -0.1) is 0 Å². The largest absolute Gasteiger partial charge is 0.449 e. The van der Waals surface area contributed by atoms with Gasteiger partial charge in [0.2, 0.25) is 5.88 Å². The number of fused-ring (bicyclic) bond motifs is 1. The predicted molar refractivity (Wildman–Crippen MR) is 90.8 cm³/mol. The molecule has 0 unspecified atom stereocenters. The normalized spacial score (nSPS) is 17.4. The number of hydrogen-bond acceptors (Lipinski definition) is 6. The van der Waals surface area contributed by atoms with Crippen molar-refractivity contribution in [2.45, 2.75) is 45.3 Å². The molecule has 1 aliphatic carbocycles. The van der Waals surface area contributed by atoms with Gasteiger partial charge in [-0.2, -0.15) is 0 Å². The molecule has 25 heavy (non-hydrogen) atoms. The number of nitrogens with one attached hydrogen (secondary N) is 1. The number of amides is 1. The van der Waals surface area contributed by atoms with Gasteiger partial charge in [0.1, 0.15) is 5.56 Å². The predicted octanol–water partition coefficient (Wildman–Crippen LogP) is 2.30. The molecule has 0 spiro atoms. The third-order valence-corrected chi connectivity index (χ3v) is 4.43. The second kappa shape index (κ2) is 6.96. The standard InChI is InChI=1S/C18H21N3O4/c1-10-15(16(19)25-21-10)18(23)24-11(2)17(22)20-14-9-5-7-12-6-3-4-8-13(12)14/h3-4,6,8,11,14H,5,7,9,19H2,1-2H3,(H,20,22)/t11-,14-/m0/s1. The fraction of sp³-hybridized carbons (Fsp3) is 0.389. The van der Waals surface area contributed by atoms with E-state index >= 15 is 0 Å². The van der Waals surface area contributed by atoms with Crippen molar-refractivity contribution in [3.8, 4) is 0 Å². The number of hydrogen-bond donors (Lipinski definition) is 2. The van der Waals surface area contributed by atoms with Crippen LogP contribution in [0.4, 0.5) is 5.88 Å². The van der Waals surface area contributed by atoms with E-state index in [1.165, 1.54) is 12.5 Å². The monoisotopic (exact) mass is 343 g/mol. The summed E-state index contributed by atoms with van der Waals surface area (Å²) >= 11 is 0. The van der Waals surface area contributed by atoms with Gasteiger partial charge in [-0.1, -0.05) is 29.4 Å². The Bertz CT molecular complexity index is 780. The first-order valence-electron chi connectivity index (χ1n) is 8.28. The van der Waals surface area contributed by atoms with E-state index in [1.54, 1.807) is 6.92 Å². The Kier molecular flexibility index (Phi) is 4.74. The number of benzene rings is 1. The number of ether oxygens (including phenoxy) is 1. The Morgan fingerprint density at radius 2 is 2.16 bits per heavy atom. The summed E-state index contributed by atoms with van der Waals surface area (Å²) < 4.78 is 9.96. The molecule has 3 N–H and O–H groups in total. The fourth-order valence-electron chi connectivity index (χ4n) is 3.10. The maximum Gasteiger partial charge on any atom is 0.346 e. The van der Waals surface area contributed by atoms with E-state index in [0.717, 1.165) is 24.8 Å². The molecule has 1 aliphatic rings. The molecule has 3 rings (SSSR count). The van der Waals surface area contributed by atoms with E-state index in [2.05, 4.69) is 16.5 Å². The minimum atomic E-state index is -0.949. The minimum Gasteiger partial charge on any atom is -0.449 e. The van der Waals surface area contributed by atoms with Crippen molar-refractivity contribution in [3.05, 3.63) is 46.6 Å². The molecular formula is C18H21N3O4. The van der Waals surface area contributed by atoms with Crippen molar-refractivity contribution in [2.24, 2.45) is 0 Å². The molecule has 2 aromatic rings. The van der Waals surface area contributed by atoms with Crippen LogP contribution in [0.2, 0.25) is 0 Å². The van der Waals surface area contributed by atoms with E-state index < -0.39 is 12.1 Å². The van der Waals surface area contributed by atoms with Crippen molar-refractivity contribution in [1.29, 1.82) is 0 Å². The molecule has 0 aliphatic heterocycles. The number of carbonyl (C=O) groups excluding carboxylic acids is 2. The summed E-state index contributed by atoms with van der Waals surface area (Å²) in [5.74, 6) is -1.18.